The summed E-state index contributed by atoms with van der Waals surface area (Å²) in [4.78, 5) is 0. The van der Waals surface area contributed by atoms with Crippen LogP contribution in [0.1, 0.15) is 60.3 Å². The first-order valence-corrected chi connectivity index (χ1v) is 10.6. The van der Waals surface area contributed by atoms with Gasteiger partial charge in [0.2, 0.25) is 0 Å². The molecule has 1 saturated carbocycles. The van der Waals surface area contributed by atoms with Gasteiger partial charge in [-0.25, -0.2) is 4.39 Å². The molecule has 1 fully saturated rings. The van der Waals surface area contributed by atoms with E-state index in [4.69, 9.17) is 0 Å². The minimum atomic E-state index is -0.142. The third-order valence-corrected chi connectivity index (χ3v) is 6.23. The Bertz CT molecular complexity index is 1070. The zero-order chi connectivity index (χ0) is 20.2. The largest absolute Gasteiger partial charge is 0.206 e. The molecule has 0 N–H and O–H groups in total. The van der Waals surface area contributed by atoms with E-state index < -0.39 is 0 Å². The molecule has 0 spiro atoms. The maximum absolute atomic E-state index is 14.2. The molecule has 0 heterocycles. The number of benzene rings is 3. The van der Waals surface area contributed by atoms with Crippen molar-refractivity contribution in [3.63, 3.8) is 0 Å². The molecule has 3 aromatic rings. The van der Waals surface area contributed by atoms with Gasteiger partial charge in [-0.05, 0) is 91.6 Å². The first kappa shape index (κ1) is 19.5. The topological polar surface area (TPSA) is 0 Å². The summed E-state index contributed by atoms with van der Waals surface area (Å²) in [5.41, 5.74) is 4.03. The first-order valence-electron chi connectivity index (χ1n) is 10.6. The lowest BCUT2D eigenvalue weighted by molar-refractivity contribution is 0.328. The average Bonchev–Trinajstić information content (AvgIpc) is 2.76. The van der Waals surface area contributed by atoms with Gasteiger partial charge in [0, 0.05) is 16.5 Å². The fraction of sp³-hybridized carbons (Fsp3) is 0.286. The molecule has 29 heavy (non-hydrogen) atoms. The fourth-order valence-electron chi connectivity index (χ4n) is 4.43. The standard InChI is InChI=1S/C28H27F/c1-3-4-21-8-14-24(15-9-21)25-16-10-22(11-17-25)6-7-23-12-18-27-26(19-23)13-5-20(2)28(27)29/h3,5,10-13,16-19,21,24H,1,4,8-9,14-15H2,2H3. The molecule has 0 aromatic heterocycles. The molecule has 0 unspecified atom stereocenters. The van der Waals surface area contributed by atoms with Crippen LogP contribution in [0, 0.1) is 30.5 Å². The number of hydrogen-bond acceptors (Lipinski definition) is 0. The van der Waals surface area contributed by atoms with Gasteiger partial charge in [0.1, 0.15) is 5.82 Å². The highest BCUT2D eigenvalue weighted by Crippen LogP contribution is 2.37. The molecular weight excluding hydrogens is 355 g/mol. The Morgan fingerprint density at radius 2 is 1.62 bits per heavy atom. The van der Waals surface area contributed by atoms with Gasteiger partial charge < -0.3 is 0 Å². The predicted octanol–water partition coefficient (Wildman–Crippen LogP) is 7.54. The summed E-state index contributed by atoms with van der Waals surface area (Å²) < 4.78 is 14.2. The van der Waals surface area contributed by atoms with Crippen molar-refractivity contribution in [2.75, 3.05) is 0 Å². The molecule has 1 aliphatic carbocycles. The summed E-state index contributed by atoms with van der Waals surface area (Å²) in [6, 6.07) is 18.2. The van der Waals surface area contributed by atoms with Crippen LogP contribution in [0.2, 0.25) is 0 Å². The monoisotopic (exact) mass is 382 g/mol. The van der Waals surface area contributed by atoms with E-state index >= 15 is 0 Å². The van der Waals surface area contributed by atoms with Gasteiger partial charge in [0.25, 0.3) is 0 Å². The maximum atomic E-state index is 14.2. The van der Waals surface area contributed by atoms with Gasteiger partial charge in [-0.15, -0.1) is 6.58 Å². The smallest absolute Gasteiger partial charge is 0.133 e. The van der Waals surface area contributed by atoms with Gasteiger partial charge in [0.05, 0.1) is 0 Å². The summed E-state index contributed by atoms with van der Waals surface area (Å²) in [5.74, 6) is 7.84. The normalized spacial score (nSPS) is 18.8. The number of aryl methyl sites for hydroxylation is 1. The van der Waals surface area contributed by atoms with Gasteiger partial charge in [-0.1, -0.05) is 48.2 Å². The van der Waals surface area contributed by atoms with E-state index in [1.807, 2.05) is 30.3 Å². The highest BCUT2D eigenvalue weighted by molar-refractivity contribution is 5.85. The SMILES string of the molecule is C=CCC1CCC(c2ccc(C#Cc3ccc4c(F)c(C)ccc4c3)cc2)CC1. The van der Waals surface area contributed by atoms with Crippen molar-refractivity contribution < 1.29 is 4.39 Å². The average molecular weight is 383 g/mol. The highest BCUT2D eigenvalue weighted by atomic mass is 19.1. The van der Waals surface area contributed by atoms with Gasteiger partial charge in [-0.3, -0.25) is 0 Å². The fourth-order valence-corrected chi connectivity index (χ4v) is 4.43. The van der Waals surface area contributed by atoms with Crippen molar-refractivity contribution >= 4 is 10.8 Å². The molecule has 0 atom stereocenters. The summed E-state index contributed by atoms with van der Waals surface area (Å²) in [6.07, 6.45) is 8.38. The molecule has 1 heteroatoms. The molecule has 3 aromatic carbocycles. The second kappa shape index (κ2) is 8.66. The van der Waals surface area contributed by atoms with Crippen molar-refractivity contribution in [1.82, 2.24) is 0 Å². The Labute approximate surface area is 173 Å². The van der Waals surface area contributed by atoms with E-state index in [9.17, 15) is 4.39 Å². The lowest BCUT2D eigenvalue weighted by Crippen LogP contribution is -2.12. The number of fused-ring (bicyclic) bond motifs is 1. The van der Waals surface area contributed by atoms with Gasteiger partial charge >= 0.3 is 0 Å². The molecule has 1 aliphatic rings. The predicted molar refractivity (Wildman–Crippen MR) is 121 cm³/mol. The molecule has 146 valence electrons. The van der Waals surface area contributed by atoms with Crippen LogP contribution in [0.15, 0.2) is 67.3 Å². The summed E-state index contributed by atoms with van der Waals surface area (Å²) >= 11 is 0. The Hall–Kier alpha value is -2.85. The van der Waals surface area contributed by atoms with Crippen molar-refractivity contribution in [2.24, 2.45) is 5.92 Å². The summed E-state index contributed by atoms with van der Waals surface area (Å²) in [5, 5.41) is 1.55. The molecule has 0 saturated heterocycles. The van der Waals surface area contributed by atoms with Crippen LogP contribution in [-0.2, 0) is 0 Å². The minimum Gasteiger partial charge on any atom is -0.206 e. The molecule has 0 bridgehead atoms. The van der Waals surface area contributed by atoms with E-state index in [0.717, 1.165) is 28.9 Å². The Balaban J connectivity index is 1.46. The Morgan fingerprint density at radius 3 is 2.34 bits per heavy atom. The number of rotatable bonds is 3. The number of allylic oxidation sites excluding steroid dienone is 1. The van der Waals surface area contributed by atoms with Crippen LogP contribution < -0.4 is 0 Å². The zero-order valence-corrected chi connectivity index (χ0v) is 17.0. The van der Waals surface area contributed by atoms with Crippen molar-refractivity contribution in [3.8, 4) is 11.8 Å². The third-order valence-electron chi connectivity index (χ3n) is 6.23. The van der Waals surface area contributed by atoms with Crippen LogP contribution >= 0.6 is 0 Å². The van der Waals surface area contributed by atoms with Crippen molar-refractivity contribution in [3.05, 3.63) is 95.3 Å². The van der Waals surface area contributed by atoms with E-state index in [-0.39, 0.29) is 5.82 Å². The molecule has 0 aliphatic heterocycles. The van der Waals surface area contributed by atoms with Crippen LogP contribution in [0.25, 0.3) is 10.8 Å². The zero-order valence-electron chi connectivity index (χ0n) is 17.0. The first-order chi connectivity index (χ1) is 14.1. The second-order valence-corrected chi connectivity index (χ2v) is 8.25. The molecular formula is C28H27F. The van der Waals surface area contributed by atoms with Crippen molar-refractivity contribution in [1.29, 1.82) is 0 Å². The lowest BCUT2D eigenvalue weighted by Gasteiger charge is -2.28. The third kappa shape index (κ3) is 4.43. The number of halogens is 1. The molecule has 0 radical (unpaired) electrons. The van der Waals surface area contributed by atoms with Crippen LogP contribution in [0.4, 0.5) is 4.39 Å². The summed E-state index contributed by atoms with van der Waals surface area (Å²) in [7, 11) is 0. The Kier molecular flexibility index (Phi) is 5.81. The Morgan fingerprint density at radius 1 is 0.931 bits per heavy atom. The van der Waals surface area contributed by atoms with Gasteiger partial charge in [0.15, 0.2) is 0 Å². The highest BCUT2D eigenvalue weighted by Gasteiger charge is 2.21. The van der Waals surface area contributed by atoms with E-state index in [0.29, 0.717) is 16.9 Å². The van der Waals surface area contributed by atoms with Crippen molar-refractivity contribution in [2.45, 2.75) is 44.9 Å². The number of hydrogen-bond donors (Lipinski definition) is 0. The molecule has 0 amide bonds. The van der Waals surface area contributed by atoms with Crippen LogP contribution in [0.3, 0.4) is 0 Å². The molecule has 4 rings (SSSR count). The van der Waals surface area contributed by atoms with E-state index in [1.54, 1.807) is 6.92 Å². The van der Waals surface area contributed by atoms with E-state index in [2.05, 4.69) is 48.8 Å². The minimum absolute atomic E-state index is 0.142. The molecule has 0 nitrogen and oxygen atoms in total. The maximum Gasteiger partial charge on any atom is 0.133 e. The van der Waals surface area contributed by atoms with Gasteiger partial charge in [-0.2, -0.15) is 0 Å². The second-order valence-electron chi connectivity index (χ2n) is 8.25. The van der Waals surface area contributed by atoms with E-state index in [1.165, 1.54) is 31.2 Å². The van der Waals surface area contributed by atoms with Crippen LogP contribution in [0.5, 0.6) is 0 Å². The quantitative estimate of drug-likeness (QED) is 0.324. The lowest BCUT2D eigenvalue weighted by atomic mass is 9.77. The van der Waals surface area contributed by atoms with Crippen LogP contribution in [-0.4, -0.2) is 0 Å². The summed E-state index contributed by atoms with van der Waals surface area (Å²) in [6.45, 7) is 5.66.